The molecule has 8 heteroatoms. The van der Waals surface area contributed by atoms with Gasteiger partial charge in [0.1, 0.15) is 0 Å². The molecule has 0 bridgehead atoms. The highest BCUT2D eigenvalue weighted by Crippen LogP contribution is 2.29. The van der Waals surface area contributed by atoms with Gasteiger partial charge in [0, 0.05) is 6.07 Å². The lowest BCUT2D eigenvalue weighted by molar-refractivity contribution is 0.387. The van der Waals surface area contributed by atoms with Crippen molar-refractivity contribution in [1.29, 1.82) is 0 Å². The summed E-state index contributed by atoms with van der Waals surface area (Å²) in [5, 5.41) is 7.88. The second-order valence-corrected chi connectivity index (χ2v) is 4.79. The topological polar surface area (TPSA) is 114 Å². The molecule has 0 aliphatic heterocycles. The van der Waals surface area contributed by atoms with Gasteiger partial charge >= 0.3 is 10.4 Å². The van der Waals surface area contributed by atoms with Crippen molar-refractivity contribution in [2.24, 2.45) is 10.2 Å². The maximum Gasteiger partial charge on any atom is 0.446 e. The molecule has 0 aliphatic carbocycles. The molecule has 7 nitrogen and oxygen atoms in total. The fourth-order valence-electron chi connectivity index (χ4n) is 1.38. The molecule has 0 atom stereocenters. The van der Waals surface area contributed by atoms with Gasteiger partial charge in [-0.25, -0.2) is 0 Å². The van der Waals surface area contributed by atoms with Crippen LogP contribution in [0.4, 0.5) is 17.1 Å². The number of benzene rings is 2. The number of azo groups is 1. The van der Waals surface area contributed by atoms with Crippen molar-refractivity contribution in [3.8, 4) is 5.75 Å². The second kappa shape index (κ2) is 5.68. The fourth-order valence-corrected chi connectivity index (χ4v) is 1.75. The molecular weight excluding hydrogens is 282 g/mol. The zero-order valence-electron chi connectivity index (χ0n) is 10.2. The lowest BCUT2D eigenvalue weighted by Crippen LogP contribution is -2.08. The average molecular weight is 293 g/mol. The van der Waals surface area contributed by atoms with Crippen LogP contribution in [0.1, 0.15) is 0 Å². The Balaban J connectivity index is 2.26. The van der Waals surface area contributed by atoms with Crippen LogP contribution < -0.4 is 9.92 Å². The van der Waals surface area contributed by atoms with Gasteiger partial charge in [-0.15, -0.1) is 0 Å². The van der Waals surface area contributed by atoms with Crippen LogP contribution in [0, 0.1) is 0 Å². The molecule has 3 N–H and O–H groups in total. The molecule has 2 rings (SSSR count). The van der Waals surface area contributed by atoms with Crippen LogP contribution in [0.2, 0.25) is 0 Å². The molecule has 0 amide bonds. The van der Waals surface area contributed by atoms with Gasteiger partial charge in [-0.3, -0.25) is 4.55 Å². The first-order chi connectivity index (χ1) is 9.44. The van der Waals surface area contributed by atoms with Gasteiger partial charge in [-0.2, -0.15) is 18.6 Å². The second-order valence-electron chi connectivity index (χ2n) is 3.77. The van der Waals surface area contributed by atoms with Gasteiger partial charge in [0.05, 0.1) is 17.1 Å². The molecule has 2 aromatic rings. The van der Waals surface area contributed by atoms with Crippen LogP contribution in [-0.4, -0.2) is 13.0 Å². The summed E-state index contributed by atoms with van der Waals surface area (Å²) in [4.78, 5) is 0. The van der Waals surface area contributed by atoms with E-state index in [2.05, 4.69) is 14.4 Å². The van der Waals surface area contributed by atoms with Crippen molar-refractivity contribution in [2.75, 3.05) is 5.73 Å². The van der Waals surface area contributed by atoms with Gasteiger partial charge in [0.2, 0.25) is 0 Å². The molecule has 0 aromatic heterocycles. The highest BCUT2D eigenvalue weighted by atomic mass is 32.3. The quantitative estimate of drug-likeness (QED) is 0.511. The predicted molar refractivity (Wildman–Crippen MR) is 73.6 cm³/mol. The Morgan fingerprint density at radius 1 is 1.00 bits per heavy atom. The van der Waals surface area contributed by atoms with Gasteiger partial charge in [0.25, 0.3) is 0 Å². The van der Waals surface area contributed by atoms with E-state index in [0.29, 0.717) is 11.4 Å². The maximum atomic E-state index is 10.7. The summed E-state index contributed by atoms with van der Waals surface area (Å²) in [6.07, 6.45) is 0. The number of anilines is 1. The number of nitrogen functional groups attached to an aromatic ring is 1. The maximum absolute atomic E-state index is 10.7. The van der Waals surface area contributed by atoms with Crippen molar-refractivity contribution in [1.82, 2.24) is 0 Å². The van der Waals surface area contributed by atoms with Crippen molar-refractivity contribution in [3.63, 3.8) is 0 Å². The van der Waals surface area contributed by atoms with Gasteiger partial charge < -0.3 is 9.92 Å². The molecule has 0 radical (unpaired) electrons. The van der Waals surface area contributed by atoms with E-state index >= 15 is 0 Å². The lowest BCUT2D eigenvalue weighted by atomic mass is 10.3. The Hall–Kier alpha value is -2.45. The minimum atomic E-state index is -4.64. The highest BCUT2D eigenvalue weighted by Gasteiger charge is 2.10. The van der Waals surface area contributed by atoms with Gasteiger partial charge in [-0.05, 0) is 24.3 Å². The Morgan fingerprint density at radius 2 is 1.65 bits per heavy atom. The molecule has 0 spiro atoms. The lowest BCUT2D eigenvalue weighted by Gasteiger charge is -2.05. The minimum absolute atomic E-state index is 0.0567. The van der Waals surface area contributed by atoms with Crippen LogP contribution in [0.5, 0.6) is 5.75 Å². The third kappa shape index (κ3) is 4.04. The molecule has 0 saturated heterocycles. The van der Waals surface area contributed by atoms with Crippen LogP contribution in [0.3, 0.4) is 0 Å². The Labute approximate surface area is 115 Å². The van der Waals surface area contributed by atoms with Crippen molar-refractivity contribution in [3.05, 3.63) is 48.5 Å². The van der Waals surface area contributed by atoms with Crippen molar-refractivity contribution < 1.29 is 17.2 Å². The smallest absolute Gasteiger partial charge is 0.396 e. The van der Waals surface area contributed by atoms with E-state index in [1.807, 2.05) is 18.2 Å². The molecule has 0 aliphatic rings. The minimum Gasteiger partial charge on any atom is -0.396 e. The zero-order valence-corrected chi connectivity index (χ0v) is 11.0. The SMILES string of the molecule is Nc1ccc(N=Nc2ccccc2)cc1OS(=O)(=O)O. The monoisotopic (exact) mass is 293 g/mol. The number of hydrogen-bond donors (Lipinski definition) is 2. The summed E-state index contributed by atoms with van der Waals surface area (Å²) in [6, 6.07) is 13.2. The molecule has 104 valence electrons. The Bertz CT molecular complexity index is 730. The van der Waals surface area contributed by atoms with E-state index in [-0.39, 0.29) is 11.4 Å². The summed E-state index contributed by atoms with van der Waals surface area (Å²) in [6.45, 7) is 0. The summed E-state index contributed by atoms with van der Waals surface area (Å²) in [5.41, 5.74) is 6.56. The van der Waals surface area contributed by atoms with Crippen molar-refractivity contribution in [2.45, 2.75) is 0 Å². The third-order valence-corrected chi connectivity index (χ3v) is 2.62. The number of hydrogen-bond acceptors (Lipinski definition) is 6. The molecular formula is C12H11N3O4S. The van der Waals surface area contributed by atoms with E-state index in [9.17, 15) is 8.42 Å². The average Bonchev–Trinajstić information content (AvgIpc) is 2.39. The molecule has 20 heavy (non-hydrogen) atoms. The molecule has 0 heterocycles. The van der Waals surface area contributed by atoms with Crippen LogP contribution >= 0.6 is 0 Å². The summed E-state index contributed by atoms with van der Waals surface area (Å²) in [5.74, 6) is -0.211. The van der Waals surface area contributed by atoms with Crippen LogP contribution in [-0.2, 0) is 10.4 Å². The first-order valence-corrected chi connectivity index (χ1v) is 6.84. The third-order valence-electron chi connectivity index (χ3n) is 2.23. The number of nitrogens with zero attached hydrogens (tertiary/aromatic N) is 2. The van der Waals surface area contributed by atoms with E-state index in [0.717, 1.165) is 0 Å². The highest BCUT2D eigenvalue weighted by molar-refractivity contribution is 7.81. The summed E-state index contributed by atoms with van der Waals surface area (Å²) >= 11 is 0. The number of rotatable bonds is 4. The normalized spacial score (nSPS) is 11.7. The zero-order chi connectivity index (χ0) is 14.6. The van der Waals surface area contributed by atoms with E-state index in [1.54, 1.807) is 18.2 Å². The molecule has 0 unspecified atom stereocenters. The summed E-state index contributed by atoms with van der Waals surface area (Å²) < 4.78 is 34.3. The summed E-state index contributed by atoms with van der Waals surface area (Å²) in [7, 11) is -4.64. The molecule has 0 saturated carbocycles. The van der Waals surface area contributed by atoms with Crippen LogP contribution in [0.15, 0.2) is 58.8 Å². The van der Waals surface area contributed by atoms with E-state index < -0.39 is 10.4 Å². The van der Waals surface area contributed by atoms with E-state index in [4.69, 9.17) is 10.3 Å². The first-order valence-electron chi connectivity index (χ1n) is 5.47. The Kier molecular flexibility index (Phi) is 3.97. The number of nitrogens with two attached hydrogens (primary N) is 1. The first kappa shape index (κ1) is 14.0. The molecule has 0 fully saturated rings. The molecule has 2 aromatic carbocycles. The fraction of sp³-hybridized carbons (Fsp3) is 0. The Morgan fingerprint density at radius 3 is 2.30 bits per heavy atom. The van der Waals surface area contributed by atoms with Gasteiger partial charge in [-0.1, -0.05) is 18.2 Å². The van der Waals surface area contributed by atoms with Crippen LogP contribution in [0.25, 0.3) is 0 Å². The standard InChI is InChI=1S/C12H11N3O4S/c13-11-7-6-10(8-12(11)19-20(16,17)18)15-14-9-4-2-1-3-5-9/h1-8H,13H2,(H,16,17,18). The van der Waals surface area contributed by atoms with E-state index in [1.165, 1.54) is 12.1 Å². The largest absolute Gasteiger partial charge is 0.446 e. The van der Waals surface area contributed by atoms with Gasteiger partial charge in [0.15, 0.2) is 5.75 Å². The predicted octanol–water partition coefficient (Wildman–Crippen LogP) is 2.87. The van der Waals surface area contributed by atoms with Crippen molar-refractivity contribution >= 4 is 27.5 Å².